The quantitative estimate of drug-likeness (QED) is 0.820. The van der Waals surface area contributed by atoms with Crippen molar-refractivity contribution in [1.82, 2.24) is 5.32 Å². The smallest absolute Gasteiger partial charge is 0.230 e. The van der Waals surface area contributed by atoms with Crippen molar-refractivity contribution in [2.24, 2.45) is 0 Å². The number of hydrogen-bond donors (Lipinski definition) is 1. The average molecular weight is 328 g/mol. The summed E-state index contributed by atoms with van der Waals surface area (Å²) < 4.78 is 5.82. The molecule has 0 atom stereocenters. The number of amides is 1. The maximum atomic E-state index is 11.7. The van der Waals surface area contributed by atoms with E-state index in [-0.39, 0.29) is 5.91 Å². The van der Waals surface area contributed by atoms with Crippen LogP contribution in [0.1, 0.15) is 4.88 Å². The van der Waals surface area contributed by atoms with Gasteiger partial charge in [-0.1, -0.05) is 11.6 Å². The van der Waals surface area contributed by atoms with Gasteiger partial charge in [0.1, 0.15) is 5.75 Å². The molecule has 0 radical (unpaired) electrons. The minimum absolute atomic E-state index is 0.00957. The lowest BCUT2D eigenvalue weighted by atomic mass is 10.3. The fourth-order valence-corrected chi connectivity index (χ4v) is 3.26. The highest BCUT2D eigenvalue weighted by Crippen LogP contribution is 2.22. The van der Waals surface area contributed by atoms with Gasteiger partial charge in [-0.05, 0) is 36.4 Å². The minimum atomic E-state index is 0.00957. The van der Waals surface area contributed by atoms with Gasteiger partial charge in [-0.15, -0.1) is 23.1 Å². The summed E-state index contributed by atoms with van der Waals surface area (Å²) in [4.78, 5) is 13.8. The van der Waals surface area contributed by atoms with E-state index in [1.807, 2.05) is 36.4 Å². The Bertz CT molecular complexity index is 569. The van der Waals surface area contributed by atoms with Crippen molar-refractivity contribution >= 4 is 40.6 Å². The molecule has 0 aliphatic rings. The van der Waals surface area contributed by atoms with Gasteiger partial charge in [-0.2, -0.15) is 0 Å². The number of carbonyl (C=O) groups is 1. The lowest BCUT2D eigenvalue weighted by Gasteiger charge is -2.04. The van der Waals surface area contributed by atoms with Crippen LogP contribution in [0.4, 0.5) is 0 Å². The van der Waals surface area contributed by atoms with Crippen LogP contribution in [0.25, 0.3) is 0 Å². The Morgan fingerprint density at radius 1 is 1.30 bits per heavy atom. The normalized spacial score (nSPS) is 10.3. The maximum Gasteiger partial charge on any atom is 0.230 e. The number of halogens is 1. The molecule has 1 amide bonds. The first-order valence-corrected chi connectivity index (χ1v) is 8.13. The van der Waals surface area contributed by atoms with Crippen molar-refractivity contribution in [3.8, 4) is 5.75 Å². The Morgan fingerprint density at radius 3 is 2.65 bits per heavy atom. The van der Waals surface area contributed by atoms with Crippen LogP contribution >= 0.6 is 34.7 Å². The Balaban J connectivity index is 1.74. The third-order valence-electron chi connectivity index (χ3n) is 2.52. The van der Waals surface area contributed by atoms with E-state index in [1.54, 1.807) is 7.11 Å². The van der Waals surface area contributed by atoms with Crippen molar-refractivity contribution < 1.29 is 9.53 Å². The fourth-order valence-electron chi connectivity index (χ4n) is 1.50. The molecular weight excluding hydrogens is 314 g/mol. The molecule has 0 bridgehead atoms. The molecule has 1 N–H and O–H groups in total. The zero-order chi connectivity index (χ0) is 14.4. The van der Waals surface area contributed by atoms with Crippen molar-refractivity contribution in [3.63, 3.8) is 0 Å². The molecule has 0 saturated carbocycles. The highest BCUT2D eigenvalue weighted by atomic mass is 35.5. The number of thiophene rings is 1. The Morgan fingerprint density at radius 2 is 2.05 bits per heavy atom. The number of benzene rings is 1. The number of hydrogen-bond acceptors (Lipinski definition) is 4. The predicted octanol–water partition coefficient (Wildman–Crippen LogP) is 3.82. The molecule has 0 spiro atoms. The summed E-state index contributed by atoms with van der Waals surface area (Å²) in [5.74, 6) is 1.22. The molecule has 2 rings (SSSR count). The van der Waals surface area contributed by atoms with Gasteiger partial charge in [0.2, 0.25) is 5.91 Å². The largest absolute Gasteiger partial charge is 0.497 e. The fraction of sp³-hybridized carbons (Fsp3) is 0.214. The summed E-state index contributed by atoms with van der Waals surface area (Å²) in [6.45, 7) is 0.527. The summed E-state index contributed by atoms with van der Waals surface area (Å²) in [6.07, 6.45) is 0. The summed E-state index contributed by atoms with van der Waals surface area (Å²) in [6, 6.07) is 11.4. The van der Waals surface area contributed by atoms with Gasteiger partial charge in [0.25, 0.3) is 0 Å². The van der Waals surface area contributed by atoms with E-state index < -0.39 is 0 Å². The molecule has 1 aromatic carbocycles. The highest BCUT2D eigenvalue weighted by molar-refractivity contribution is 8.00. The second kappa shape index (κ2) is 7.57. The van der Waals surface area contributed by atoms with Crippen LogP contribution in [0.2, 0.25) is 4.34 Å². The molecule has 0 aliphatic carbocycles. The zero-order valence-corrected chi connectivity index (χ0v) is 13.3. The van der Waals surface area contributed by atoms with Gasteiger partial charge < -0.3 is 10.1 Å². The van der Waals surface area contributed by atoms with E-state index in [2.05, 4.69) is 5.32 Å². The Labute approximate surface area is 131 Å². The van der Waals surface area contributed by atoms with Gasteiger partial charge in [-0.3, -0.25) is 4.79 Å². The van der Waals surface area contributed by atoms with Crippen molar-refractivity contribution in [2.75, 3.05) is 12.9 Å². The number of thioether (sulfide) groups is 1. The van der Waals surface area contributed by atoms with Gasteiger partial charge in [-0.25, -0.2) is 0 Å². The first-order chi connectivity index (χ1) is 9.67. The molecular formula is C14H14ClNO2S2. The number of rotatable bonds is 6. The Kier molecular flexibility index (Phi) is 5.76. The number of methoxy groups -OCH3 is 1. The first-order valence-electron chi connectivity index (χ1n) is 5.95. The van der Waals surface area contributed by atoms with E-state index in [0.717, 1.165) is 19.9 Å². The van der Waals surface area contributed by atoms with Crippen LogP contribution in [-0.4, -0.2) is 18.8 Å². The molecule has 6 heteroatoms. The lowest BCUT2D eigenvalue weighted by molar-refractivity contribution is -0.118. The van der Waals surface area contributed by atoms with Crippen LogP contribution < -0.4 is 10.1 Å². The molecule has 0 aliphatic heterocycles. The van der Waals surface area contributed by atoms with E-state index in [0.29, 0.717) is 12.3 Å². The van der Waals surface area contributed by atoms with Crippen LogP contribution in [0.15, 0.2) is 41.3 Å². The molecule has 0 unspecified atom stereocenters. The van der Waals surface area contributed by atoms with E-state index >= 15 is 0 Å². The van der Waals surface area contributed by atoms with Gasteiger partial charge >= 0.3 is 0 Å². The number of ether oxygens (including phenoxy) is 1. The minimum Gasteiger partial charge on any atom is -0.497 e. The summed E-state index contributed by atoms with van der Waals surface area (Å²) in [5, 5.41) is 2.87. The summed E-state index contributed by atoms with van der Waals surface area (Å²) in [5.41, 5.74) is 0. The van der Waals surface area contributed by atoms with E-state index in [9.17, 15) is 4.79 Å². The topological polar surface area (TPSA) is 38.3 Å². The average Bonchev–Trinajstić information content (AvgIpc) is 2.89. The molecule has 106 valence electrons. The summed E-state index contributed by atoms with van der Waals surface area (Å²) in [7, 11) is 1.63. The predicted molar refractivity (Wildman–Crippen MR) is 84.9 cm³/mol. The van der Waals surface area contributed by atoms with Crippen LogP contribution in [0, 0.1) is 0 Å². The molecule has 20 heavy (non-hydrogen) atoms. The van der Waals surface area contributed by atoms with Crippen molar-refractivity contribution in [3.05, 3.63) is 45.6 Å². The van der Waals surface area contributed by atoms with E-state index in [4.69, 9.17) is 16.3 Å². The number of carbonyl (C=O) groups excluding carboxylic acids is 1. The SMILES string of the molecule is COc1ccc(SCC(=O)NCc2ccc(Cl)s2)cc1. The van der Waals surface area contributed by atoms with Crippen molar-refractivity contribution in [2.45, 2.75) is 11.4 Å². The molecule has 1 aromatic heterocycles. The standard InChI is InChI=1S/C14H14ClNO2S2/c1-18-10-2-4-11(5-3-10)19-9-14(17)16-8-12-6-7-13(15)20-12/h2-7H,8-9H2,1H3,(H,16,17). The second-order valence-corrected chi connectivity index (χ2v) is 6.80. The molecule has 0 fully saturated rings. The molecule has 3 nitrogen and oxygen atoms in total. The Hall–Kier alpha value is -1.17. The van der Waals surface area contributed by atoms with Crippen LogP contribution in [0.3, 0.4) is 0 Å². The number of nitrogens with one attached hydrogen (secondary N) is 1. The molecule has 0 saturated heterocycles. The van der Waals surface area contributed by atoms with Crippen LogP contribution in [-0.2, 0) is 11.3 Å². The molecule has 1 heterocycles. The van der Waals surface area contributed by atoms with Gasteiger partial charge in [0.05, 0.1) is 23.7 Å². The van der Waals surface area contributed by atoms with Gasteiger partial charge in [0, 0.05) is 9.77 Å². The van der Waals surface area contributed by atoms with E-state index in [1.165, 1.54) is 23.1 Å². The first kappa shape index (κ1) is 15.2. The molecule has 2 aromatic rings. The van der Waals surface area contributed by atoms with Crippen molar-refractivity contribution in [1.29, 1.82) is 0 Å². The second-order valence-electron chi connectivity index (χ2n) is 3.95. The van der Waals surface area contributed by atoms with Crippen LogP contribution in [0.5, 0.6) is 5.75 Å². The highest BCUT2D eigenvalue weighted by Gasteiger charge is 2.04. The zero-order valence-electron chi connectivity index (χ0n) is 10.9. The maximum absolute atomic E-state index is 11.7. The monoisotopic (exact) mass is 327 g/mol. The third kappa shape index (κ3) is 4.74. The lowest BCUT2D eigenvalue weighted by Crippen LogP contribution is -2.24. The summed E-state index contributed by atoms with van der Waals surface area (Å²) >= 11 is 8.81. The van der Waals surface area contributed by atoms with Gasteiger partial charge in [0.15, 0.2) is 0 Å². The third-order valence-corrected chi connectivity index (χ3v) is 4.76.